The molecule has 0 bridgehead atoms. The van der Waals surface area contributed by atoms with Crippen LogP contribution in [0.1, 0.15) is 10.4 Å². The number of benzene rings is 2. The van der Waals surface area contributed by atoms with Gasteiger partial charge in [0.05, 0.1) is 11.4 Å². The number of rotatable bonds is 2. The van der Waals surface area contributed by atoms with E-state index in [0.717, 1.165) is 6.07 Å². The summed E-state index contributed by atoms with van der Waals surface area (Å²) in [4.78, 5) is 11.9. The molecule has 98 valence electrons. The first-order valence-electron chi connectivity index (χ1n) is 5.33. The molecule has 0 aliphatic heterocycles. The van der Waals surface area contributed by atoms with Crippen molar-refractivity contribution in [3.63, 3.8) is 0 Å². The number of hydrogen-bond donors (Lipinski definition) is 3. The van der Waals surface area contributed by atoms with Crippen LogP contribution in [0.2, 0.25) is 5.02 Å². The van der Waals surface area contributed by atoms with Crippen LogP contribution in [0.15, 0.2) is 36.4 Å². The lowest BCUT2D eigenvalue weighted by Crippen LogP contribution is -2.15. The molecule has 1 amide bonds. The quantitative estimate of drug-likeness (QED) is 0.740. The van der Waals surface area contributed by atoms with Crippen molar-refractivity contribution in [2.45, 2.75) is 0 Å². The van der Waals surface area contributed by atoms with Gasteiger partial charge in [0.25, 0.3) is 5.91 Å². The summed E-state index contributed by atoms with van der Waals surface area (Å²) in [6.07, 6.45) is 0. The third-order valence-corrected chi connectivity index (χ3v) is 2.72. The monoisotopic (exact) mass is 280 g/mol. The Bertz CT molecular complexity index is 626. The Kier molecular flexibility index (Phi) is 3.57. The molecule has 19 heavy (non-hydrogen) atoms. The first-order valence-corrected chi connectivity index (χ1v) is 5.70. The summed E-state index contributed by atoms with van der Waals surface area (Å²) in [6.45, 7) is 0. The molecule has 0 saturated carbocycles. The van der Waals surface area contributed by atoms with Crippen LogP contribution >= 0.6 is 11.6 Å². The second-order valence-electron chi connectivity index (χ2n) is 3.82. The minimum atomic E-state index is -0.815. The molecule has 0 heterocycles. The average molecular weight is 281 g/mol. The van der Waals surface area contributed by atoms with Gasteiger partial charge in [-0.2, -0.15) is 0 Å². The number of nitrogens with two attached hydrogens (primary N) is 1. The maximum absolute atomic E-state index is 13.5. The molecule has 0 aliphatic rings. The highest BCUT2D eigenvalue weighted by molar-refractivity contribution is 6.31. The zero-order chi connectivity index (χ0) is 14.0. The van der Waals surface area contributed by atoms with E-state index in [4.69, 9.17) is 17.3 Å². The van der Waals surface area contributed by atoms with Crippen molar-refractivity contribution in [3.8, 4) is 5.75 Å². The van der Waals surface area contributed by atoms with Gasteiger partial charge in [-0.3, -0.25) is 4.79 Å². The standard InChI is InChI=1S/C13H10ClFN2O2/c14-7-4-5-10(9(16)6-7)17-13(19)12-8(15)2-1-3-11(12)18/h1-6,18H,16H2,(H,17,19). The Morgan fingerprint density at radius 2 is 2.05 bits per heavy atom. The summed E-state index contributed by atoms with van der Waals surface area (Å²) < 4.78 is 13.5. The van der Waals surface area contributed by atoms with E-state index in [9.17, 15) is 14.3 Å². The largest absolute Gasteiger partial charge is 0.507 e. The van der Waals surface area contributed by atoms with E-state index >= 15 is 0 Å². The lowest BCUT2D eigenvalue weighted by atomic mass is 10.1. The fourth-order valence-electron chi connectivity index (χ4n) is 1.57. The summed E-state index contributed by atoms with van der Waals surface area (Å²) in [5.41, 5.74) is 5.77. The predicted octanol–water partition coefficient (Wildman–Crippen LogP) is 3.02. The van der Waals surface area contributed by atoms with Crippen LogP contribution in [0.3, 0.4) is 0 Å². The lowest BCUT2D eigenvalue weighted by molar-refractivity contribution is 0.102. The number of hydrogen-bond acceptors (Lipinski definition) is 3. The summed E-state index contributed by atoms with van der Waals surface area (Å²) in [6, 6.07) is 8.10. The molecule has 0 aliphatic carbocycles. The molecule has 4 N–H and O–H groups in total. The van der Waals surface area contributed by atoms with Crippen LogP contribution in [0.5, 0.6) is 5.75 Å². The molecule has 4 nitrogen and oxygen atoms in total. The van der Waals surface area contributed by atoms with Gasteiger partial charge in [-0.1, -0.05) is 17.7 Å². The summed E-state index contributed by atoms with van der Waals surface area (Å²) in [5.74, 6) is -2.04. The van der Waals surface area contributed by atoms with E-state index < -0.39 is 23.0 Å². The molecule has 0 aromatic heterocycles. The van der Waals surface area contributed by atoms with E-state index in [2.05, 4.69) is 5.32 Å². The Morgan fingerprint density at radius 3 is 2.68 bits per heavy atom. The van der Waals surface area contributed by atoms with Gasteiger partial charge in [0.15, 0.2) is 0 Å². The van der Waals surface area contributed by atoms with Gasteiger partial charge < -0.3 is 16.2 Å². The van der Waals surface area contributed by atoms with Crippen molar-refractivity contribution in [1.29, 1.82) is 0 Å². The van der Waals surface area contributed by atoms with Crippen molar-refractivity contribution in [2.75, 3.05) is 11.1 Å². The summed E-state index contributed by atoms with van der Waals surface area (Å²) >= 11 is 5.73. The number of anilines is 2. The van der Waals surface area contributed by atoms with Gasteiger partial charge in [-0.15, -0.1) is 0 Å². The summed E-state index contributed by atoms with van der Waals surface area (Å²) in [5, 5.41) is 12.3. The molecular formula is C13H10ClFN2O2. The van der Waals surface area contributed by atoms with Gasteiger partial charge in [0.2, 0.25) is 0 Å². The zero-order valence-corrected chi connectivity index (χ0v) is 10.4. The fourth-order valence-corrected chi connectivity index (χ4v) is 1.75. The van der Waals surface area contributed by atoms with Crippen molar-refractivity contribution in [2.24, 2.45) is 0 Å². The number of nitrogens with one attached hydrogen (secondary N) is 1. The number of phenols is 1. The number of nitrogen functional groups attached to an aromatic ring is 1. The minimum absolute atomic E-state index is 0.247. The van der Waals surface area contributed by atoms with Crippen LogP contribution < -0.4 is 11.1 Å². The van der Waals surface area contributed by atoms with E-state index in [0.29, 0.717) is 5.02 Å². The Balaban J connectivity index is 2.31. The number of halogens is 2. The fraction of sp³-hybridized carbons (Fsp3) is 0. The third kappa shape index (κ3) is 2.77. The smallest absolute Gasteiger partial charge is 0.262 e. The van der Waals surface area contributed by atoms with Gasteiger partial charge >= 0.3 is 0 Å². The van der Waals surface area contributed by atoms with Gasteiger partial charge in [-0.05, 0) is 30.3 Å². The molecule has 0 saturated heterocycles. The van der Waals surface area contributed by atoms with Crippen LogP contribution in [0.25, 0.3) is 0 Å². The number of phenolic OH excluding ortho intramolecular Hbond substituents is 1. The van der Waals surface area contributed by atoms with E-state index in [-0.39, 0.29) is 11.4 Å². The maximum Gasteiger partial charge on any atom is 0.262 e. The van der Waals surface area contributed by atoms with Crippen LogP contribution in [0, 0.1) is 5.82 Å². The molecule has 6 heteroatoms. The first kappa shape index (κ1) is 13.2. The van der Waals surface area contributed by atoms with E-state index in [1.807, 2.05) is 0 Å². The maximum atomic E-state index is 13.5. The van der Waals surface area contributed by atoms with E-state index in [1.165, 1.54) is 30.3 Å². The number of amides is 1. The molecule has 2 aromatic carbocycles. The van der Waals surface area contributed by atoms with Crippen molar-refractivity contribution in [3.05, 3.63) is 52.8 Å². The van der Waals surface area contributed by atoms with Crippen molar-refractivity contribution in [1.82, 2.24) is 0 Å². The second-order valence-corrected chi connectivity index (χ2v) is 4.26. The van der Waals surface area contributed by atoms with Crippen molar-refractivity contribution < 1.29 is 14.3 Å². The topological polar surface area (TPSA) is 75.3 Å². The Hall–Kier alpha value is -2.27. The average Bonchev–Trinajstić information content (AvgIpc) is 2.32. The normalized spacial score (nSPS) is 10.2. The number of aromatic hydroxyl groups is 1. The molecule has 0 radical (unpaired) electrons. The molecule has 0 spiro atoms. The minimum Gasteiger partial charge on any atom is -0.507 e. The third-order valence-electron chi connectivity index (χ3n) is 2.48. The van der Waals surface area contributed by atoms with E-state index in [1.54, 1.807) is 0 Å². The molecular weight excluding hydrogens is 271 g/mol. The first-order chi connectivity index (χ1) is 8.99. The second kappa shape index (κ2) is 5.16. The molecule has 0 fully saturated rings. The lowest BCUT2D eigenvalue weighted by Gasteiger charge is -2.10. The van der Waals surface area contributed by atoms with Crippen molar-refractivity contribution >= 4 is 28.9 Å². The van der Waals surface area contributed by atoms with Gasteiger partial charge in [0, 0.05) is 5.02 Å². The Morgan fingerprint density at radius 1 is 1.32 bits per heavy atom. The highest BCUT2D eigenvalue weighted by Gasteiger charge is 2.17. The predicted molar refractivity (Wildman–Crippen MR) is 71.9 cm³/mol. The van der Waals surface area contributed by atoms with Crippen LogP contribution in [0.4, 0.5) is 15.8 Å². The van der Waals surface area contributed by atoms with Gasteiger partial charge in [0.1, 0.15) is 17.1 Å². The summed E-state index contributed by atoms with van der Waals surface area (Å²) in [7, 11) is 0. The highest BCUT2D eigenvalue weighted by Crippen LogP contribution is 2.25. The molecule has 0 unspecified atom stereocenters. The Labute approximate surface area is 113 Å². The highest BCUT2D eigenvalue weighted by atomic mass is 35.5. The van der Waals surface area contributed by atoms with Gasteiger partial charge in [-0.25, -0.2) is 4.39 Å². The molecule has 0 atom stereocenters. The number of carbonyl (C=O) groups excluding carboxylic acids is 1. The van der Waals surface area contributed by atoms with Crippen LogP contribution in [-0.4, -0.2) is 11.0 Å². The number of carbonyl (C=O) groups is 1. The SMILES string of the molecule is Nc1cc(Cl)ccc1NC(=O)c1c(O)cccc1F. The molecule has 2 rings (SSSR count). The molecule has 2 aromatic rings. The van der Waals surface area contributed by atoms with Crippen LogP contribution in [-0.2, 0) is 0 Å². The zero-order valence-electron chi connectivity index (χ0n) is 9.65.